The molecule has 0 bridgehead atoms. The van der Waals surface area contributed by atoms with Crippen LogP contribution in [0.3, 0.4) is 0 Å². The molecule has 2 N–H and O–H groups in total. The number of ether oxygens (including phenoxy) is 1. The van der Waals surface area contributed by atoms with E-state index >= 15 is 0 Å². The van der Waals surface area contributed by atoms with E-state index in [1.165, 1.54) is 12.1 Å². The van der Waals surface area contributed by atoms with Gasteiger partial charge in [0.2, 0.25) is 0 Å². The molecule has 100 valence electrons. The van der Waals surface area contributed by atoms with Crippen molar-refractivity contribution in [2.24, 2.45) is 11.7 Å². The molecule has 0 saturated heterocycles. The van der Waals surface area contributed by atoms with E-state index in [1.54, 1.807) is 6.07 Å². The van der Waals surface area contributed by atoms with Gasteiger partial charge in [0, 0.05) is 18.0 Å². The molecule has 0 aromatic heterocycles. The maximum Gasteiger partial charge on any atom is 0.125 e. The van der Waals surface area contributed by atoms with Crippen LogP contribution in [0, 0.1) is 11.7 Å². The Balaban J connectivity index is 2.19. The standard InChI is InChI=1S/C15H22FNO/c1-10(2)6-7-15(3)9-13(17)12-8-11(16)4-5-14(12)18-15/h4-5,8,10,13H,6-7,9,17H2,1-3H3/t13-,15?/m0/s1. The van der Waals surface area contributed by atoms with E-state index in [9.17, 15) is 4.39 Å². The first-order chi connectivity index (χ1) is 8.39. The topological polar surface area (TPSA) is 35.2 Å². The minimum atomic E-state index is -0.251. The molecule has 1 aliphatic heterocycles. The minimum absolute atomic E-state index is 0.137. The van der Waals surface area contributed by atoms with Crippen molar-refractivity contribution in [3.8, 4) is 5.75 Å². The molecule has 1 aromatic rings. The fraction of sp³-hybridized carbons (Fsp3) is 0.600. The highest BCUT2D eigenvalue weighted by Gasteiger charge is 2.35. The number of benzene rings is 1. The normalized spacial score (nSPS) is 26.9. The summed E-state index contributed by atoms with van der Waals surface area (Å²) in [5.74, 6) is 1.14. The lowest BCUT2D eigenvalue weighted by Crippen LogP contribution is -2.40. The van der Waals surface area contributed by atoms with Crippen molar-refractivity contribution in [1.29, 1.82) is 0 Å². The Morgan fingerprint density at radius 3 is 2.89 bits per heavy atom. The van der Waals surface area contributed by atoms with Crippen LogP contribution in [0.25, 0.3) is 0 Å². The van der Waals surface area contributed by atoms with Crippen LogP contribution in [0.15, 0.2) is 18.2 Å². The summed E-state index contributed by atoms with van der Waals surface area (Å²) in [7, 11) is 0. The van der Waals surface area contributed by atoms with Gasteiger partial charge in [0.1, 0.15) is 17.2 Å². The quantitative estimate of drug-likeness (QED) is 0.886. The molecule has 18 heavy (non-hydrogen) atoms. The van der Waals surface area contributed by atoms with Crippen LogP contribution >= 0.6 is 0 Å². The monoisotopic (exact) mass is 251 g/mol. The van der Waals surface area contributed by atoms with Gasteiger partial charge in [0.15, 0.2) is 0 Å². The second-order valence-corrected chi connectivity index (χ2v) is 5.98. The number of rotatable bonds is 3. The third kappa shape index (κ3) is 2.83. The van der Waals surface area contributed by atoms with Crippen molar-refractivity contribution in [2.75, 3.05) is 0 Å². The van der Waals surface area contributed by atoms with Crippen LogP contribution in [-0.4, -0.2) is 5.60 Å². The Morgan fingerprint density at radius 2 is 2.22 bits per heavy atom. The Kier molecular flexibility index (Phi) is 3.62. The maximum absolute atomic E-state index is 13.2. The zero-order chi connectivity index (χ0) is 13.3. The zero-order valence-corrected chi connectivity index (χ0v) is 11.4. The third-order valence-electron chi connectivity index (χ3n) is 3.63. The maximum atomic E-state index is 13.2. The van der Waals surface area contributed by atoms with Gasteiger partial charge in [-0.05, 0) is 43.9 Å². The highest BCUT2D eigenvalue weighted by Crippen LogP contribution is 2.41. The number of fused-ring (bicyclic) bond motifs is 1. The smallest absolute Gasteiger partial charge is 0.125 e. The molecule has 2 nitrogen and oxygen atoms in total. The van der Waals surface area contributed by atoms with Gasteiger partial charge in [-0.1, -0.05) is 13.8 Å². The van der Waals surface area contributed by atoms with Gasteiger partial charge in [0.25, 0.3) is 0 Å². The third-order valence-corrected chi connectivity index (χ3v) is 3.63. The predicted molar refractivity (Wildman–Crippen MR) is 71.1 cm³/mol. The molecule has 1 aromatic carbocycles. The largest absolute Gasteiger partial charge is 0.487 e. The fourth-order valence-electron chi connectivity index (χ4n) is 2.53. The first kappa shape index (κ1) is 13.3. The SMILES string of the molecule is CC(C)CCC1(C)C[C@H](N)c2cc(F)ccc2O1. The van der Waals surface area contributed by atoms with E-state index in [0.29, 0.717) is 5.92 Å². The Morgan fingerprint density at radius 1 is 1.50 bits per heavy atom. The molecule has 2 rings (SSSR count). The Labute approximate surface area is 108 Å². The number of nitrogens with two attached hydrogens (primary N) is 1. The average Bonchev–Trinajstić information content (AvgIpc) is 2.28. The van der Waals surface area contributed by atoms with Crippen molar-refractivity contribution < 1.29 is 9.13 Å². The van der Waals surface area contributed by atoms with Gasteiger partial charge >= 0.3 is 0 Å². The molecule has 0 aliphatic carbocycles. The van der Waals surface area contributed by atoms with Gasteiger partial charge in [-0.2, -0.15) is 0 Å². The first-order valence-corrected chi connectivity index (χ1v) is 6.64. The van der Waals surface area contributed by atoms with Crippen molar-refractivity contribution in [3.05, 3.63) is 29.6 Å². The molecule has 0 fully saturated rings. The van der Waals surface area contributed by atoms with E-state index in [4.69, 9.17) is 10.5 Å². The Hall–Kier alpha value is -1.09. The van der Waals surface area contributed by atoms with E-state index in [2.05, 4.69) is 20.8 Å². The Bertz CT molecular complexity index is 433. The van der Waals surface area contributed by atoms with Crippen LogP contribution in [0.5, 0.6) is 5.75 Å². The molecule has 3 heteroatoms. The van der Waals surface area contributed by atoms with Gasteiger partial charge < -0.3 is 10.5 Å². The van der Waals surface area contributed by atoms with Crippen LogP contribution in [0.1, 0.15) is 51.6 Å². The molecule has 0 saturated carbocycles. The zero-order valence-electron chi connectivity index (χ0n) is 11.4. The number of hydrogen-bond donors (Lipinski definition) is 1. The molecule has 0 radical (unpaired) electrons. The lowest BCUT2D eigenvalue weighted by Gasteiger charge is -2.39. The van der Waals surface area contributed by atoms with Gasteiger partial charge in [-0.15, -0.1) is 0 Å². The summed E-state index contributed by atoms with van der Waals surface area (Å²) < 4.78 is 19.3. The number of halogens is 1. The average molecular weight is 251 g/mol. The van der Waals surface area contributed by atoms with Crippen LogP contribution < -0.4 is 10.5 Å². The summed E-state index contributed by atoms with van der Waals surface area (Å²) in [5.41, 5.74) is 6.71. The molecule has 2 atom stereocenters. The van der Waals surface area contributed by atoms with E-state index in [-0.39, 0.29) is 17.5 Å². The molecule has 0 spiro atoms. The lowest BCUT2D eigenvalue weighted by molar-refractivity contribution is 0.0403. The summed E-state index contributed by atoms with van der Waals surface area (Å²) in [6, 6.07) is 4.47. The van der Waals surface area contributed by atoms with Crippen molar-refractivity contribution in [3.63, 3.8) is 0 Å². The molecule has 0 amide bonds. The van der Waals surface area contributed by atoms with Crippen LogP contribution in [0.2, 0.25) is 0 Å². The molecule has 1 unspecified atom stereocenters. The second kappa shape index (κ2) is 4.88. The van der Waals surface area contributed by atoms with Crippen LogP contribution in [-0.2, 0) is 0 Å². The minimum Gasteiger partial charge on any atom is -0.487 e. The van der Waals surface area contributed by atoms with E-state index in [1.807, 2.05) is 0 Å². The lowest BCUT2D eigenvalue weighted by atomic mass is 9.84. The van der Waals surface area contributed by atoms with Crippen LogP contribution in [0.4, 0.5) is 4.39 Å². The summed E-state index contributed by atoms with van der Waals surface area (Å²) in [4.78, 5) is 0. The highest BCUT2D eigenvalue weighted by molar-refractivity contribution is 5.39. The van der Waals surface area contributed by atoms with Crippen molar-refractivity contribution >= 4 is 0 Å². The van der Waals surface area contributed by atoms with E-state index < -0.39 is 0 Å². The molecule has 1 aliphatic rings. The summed E-state index contributed by atoms with van der Waals surface area (Å²) >= 11 is 0. The highest BCUT2D eigenvalue weighted by atomic mass is 19.1. The van der Waals surface area contributed by atoms with E-state index in [0.717, 1.165) is 30.6 Å². The number of hydrogen-bond acceptors (Lipinski definition) is 2. The molecule has 1 heterocycles. The van der Waals surface area contributed by atoms with Gasteiger partial charge in [-0.25, -0.2) is 4.39 Å². The first-order valence-electron chi connectivity index (χ1n) is 6.64. The van der Waals surface area contributed by atoms with Crippen molar-refractivity contribution in [2.45, 2.75) is 51.7 Å². The molecular weight excluding hydrogens is 229 g/mol. The summed E-state index contributed by atoms with van der Waals surface area (Å²) in [6.07, 6.45) is 2.84. The molecular formula is C15H22FNO. The summed E-state index contributed by atoms with van der Waals surface area (Å²) in [6.45, 7) is 6.51. The second-order valence-electron chi connectivity index (χ2n) is 5.98. The van der Waals surface area contributed by atoms with Gasteiger partial charge in [0.05, 0.1) is 0 Å². The predicted octanol–water partition coefficient (Wildman–Crippen LogP) is 3.80. The van der Waals surface area contributed by atoms with Crippen molar-refractivity contribution in [1.82, 2.24) is 0 Å². The van der Waals surface area contributed by atoms with Gasteiger partial charge in [-0.3, -0.25) is 0 Å². The fourth-order valence-corrected chi connectivity index (χ4v) is 2.53. The summed E-state index contributed by atoms with van der Waals surface area (Å²) in [5, 5.41) is 0.